The van der Waals surface area contributed by atoms with Crippen molar-refractivity contribution in [3.8, 4) is 0 Å². The molecule has 2 nitrogen and oxygen atoms in total. The zero-order chi connectivity index (χ0) is 10.2. The van der Waals surface area contributed by atoms with Crippen molar-refractivity contribution in [2.75, 3.05) is 0 Å². The van der Waals surface area contributed by atoms with Crippen molar-refractivity contribution in [2.24, 2.45) is 0 Å². The smallest absolute Gasteiger partial charge is 0.0797 e. The van der Waals surface area contributed by atoms with Gasteiger partial charge in [0.05, 0.1) is 5.60 Å². The van der Waals surface area contributed by atoms with E-state index in [1.54, 1.807) is 0 Å². The normalized spacial score (nSPS) is 43.6. The Morgan fingerprint density at radius 1 is 1.21 bits per heavy atom. The fourth-order valence-corrected chi connectivity index (χ4v) is 2.74. The lowest BCUT2D eigenvalue weighted by atomic mass is 9.85. The fraction of sp³-hybridized carbons (Fsp3) is 0.833. The van der Waals surface area contributed by atoms with Crippen LogP contribution in [0.3, 0.4) is 0 Å². The molecule has 0 aliphatic heterocycles. The second-order valence-electron chi connectivity index (χ2n) is 5.24. The molecular weight excluding hydrogens is 174 g/mol. The molecule has 2 rings (SSSR count). The van der Waals surface area contributed by atoms with Crippen LogP contribution >= 0.6 is 0 Å². The third-order valence-electron chi connectivity index (χ3n) is 4.06. The molecule has 0 aromatic rings. The average Bonchev–Trinajstić information content (AvgIpc) is 2.63. The van der Waals surface area contributed by atoms with Crippen molar-refractivity contribution in [3.63, 3.8) is 0 Å². The summed E-state index contributed by atoms with van der Waals surface area (Å²) in [6.45, 7) is 4.13. The third kappa shape index (κ3) is 1.61. The van der Waals surface area contributed by atoms with E-state index in [0.29, 0.717) is 6.04 Å². The maximum atomic E-state index is 10.3. The van der Waals surface area contributed by atoms with Crippen LogP contribution in [-0.4, -0.2) is 22.3 Å². The van der Waals surface area contributed by atoms with E-state index in [1.165, 1.54) is 0 Å². The fourth-order valence-electron chi connectivity index (χ4n) is 2.74. The molecule has 14 heavy (non-hydrogen) atoms. The zero-order valence-corrected chi connectivity index (χ0v) is 9.21. The molecule has 1 saturated carbocycles. The van der Waals surface area contributed by atoms with Crippen molar-refractivity contribution in [1.82, 2.24) is 5.32 Å². The molecule has 80 valence electrons. The first-order valence-corrected chi connectivity index (χ1v) is 5.69. The van der Waals surface area contributed by atoms with Gasteiger partial charge in [0.25, 0.3) is 0 Å². The van der Waals surface area contributed by atoms with E-state index in [2.05, 4.69) is 24.4 Å². The molecular formula is C12H21NO. The van der Waals surface area contributed by atoms with Gasteiger partial charge in [-0.25, -0.2) is 0 Å². The maximum Gasteiger partial charge on any atom is 0.0797 e. The highest BCUT2D eigenvalue weighted by molar-refractivity contribution is 5.09. The van der Waals surface area contributed by atoms with Crippen LogP contribution in [-0.2, 0) is 0 Å². The number of hydrogen-bond donors (Lipinski definition) is 2. The van der Waals surface area contributed by atoms with Gasteiger partial charge >= 0.3 is 0 Å². The highest BCUT2D eigenvalue weighted by atomic mass is 16.3. The molecule has 2 aliphatic carbocycles. The summed E-state index contributed by atoms with van der Waals surface area (Å²) in [7, 11) is 0. The molecule has 2 N–H and O–H groups in total. The Bertz CT molecular complexity index is 239. The monoisotopic (exact) mass is 195 g/mol. The Morgan fingerprint density at radius 3 is 2.36 bits per heavy atom. The van der Waals surface area contributed by atoms with Gasteiger partial charge in [0.2, 0.25) is 0 Å². The van der Waals surface area contributed by atoms with E-state index in [4.69, 9.17) is 0 Å². The van der Waals surface area contributed by atoms with Gasteiger partial charge in [-0.1, -0.05) is 12.2 Å². The zero-order valence-electron chi connectivity index (χ0n) is 9.21. The largest absolute Gasteiger partial charge is 0.388 e. The van der Waals surface area contributed by atoms with Gasteiger partial charge in [-0.2, -0.15) is 0 Å². The Kier molecular flexibility index (Phi) is 2.44. The van der Waals surface area contributed by atoms with Crippen LogP contribution in [0.2, 0.25) is 0 Å². The first-order valence-electron chi connectivity index (χ1n) is 5.69. The molecule has 0 aromatic carbocycles. The first kappa shape index (κ1) is 10.2. The van der Waals surface area contributed by atoms with Gasteiger partial charge in [0, 0.05) is 11.6 Å². The highest BCUT2D eigenvalue weighted by Gasteiger charge is 2.47. The van der Waals surface area contributed by atoms with Gasteiger partial charge in [0.15, 0.2) is 0 Å². The van der Waals surface area contributed by atoms with Crippen LogP contribution in [0.4, 0.5) is 0 Å². The Hall–Kier alpha value is -0.340. The maximum absolute atomic E-state index is 10.3. The van der Waals surface area contributed by atoms with Gasteiger partial charge in [-0.3, -0.25) is 0 Å². The van der Waals surface area contributed by atoms with E-state index in [1.807, 2.05) is 6.92 Å². The van der Waals surface area contributed by atoms with Crippen LogP contribution in [0.15, 0.2) is 12.2 Å². The van der Waals surface area contributed by atoms with E-state index in [0.717, 1.165) is 32.1 Å². The standard InChI is InChI=1S/C12H21NO/c1-11(8-5-9-12(11,2)14)13-10-6-3-4-7-10/h3-4,10,13-14H,5-9H2,1-2H3. The summed E-state index contributed by atoms with van der Waals surface area (Å²) < 4.78 is 0. The molecule has 0 saturated heterocycles. The lowest BCUT2D eigenvalue weighted by Gasteiger charge is -2.40. The first-order chi connectivity index (χ1) is 6.54. The summed E-state index contributed by atoms with van der Waals surface area (Å²) in [5, 5.41) is 13.9. The predicted molar refractivity (Wildman–Crippen MR) is 58.2 cm³/mol. The summed E-state index contributed by atoms with van der Waals surface area (Å²) in [6, 6.07) is 0.546. The molecule has 1 fully saturated rings. The molecule has 2 aliphatic rings. The van der Waals surface area contributed by atoms with Gasteiger partial charge < -0.3 is 10.4 Å². The molecule has 0 aromatic heterocycles. The summed E-state index contributed by atoms with van der Waals surface area (Å²) in [5.41, 5.74) is -0.612. The summed E-state index contributed by atoms with van der Waals surface area (Å²) in [6.07, 6.45) is 9.84. The van der Waals surface area contributed by atoms with Gasteiger partial charge in [-0.05, 0) is 46.0 Å². The Morgan fingerprint density at radius 2 is 1.86 bits per heavy atom. The second kappa shape index (κ2) is 3.35. The van der Waals surface area contributed by atoms with Crippen LogP contribution < -0.4 is 5.32 Å². The van der Waals surface area contributed by atoms with E-state index in [-0.39, 0.29) is 5.54 Å². The van der Waals surface area contributed by atoms with E-state index >= 15 is 0 Å². The molecule has 2 heteroatoms. The second-order valence-corrected chi connectivity index (χ2v) is 5.24. The minimum Gasteiger partial charge on any atom is -0.388 e. The quantitative estimate of drug-likeness (QED) is 0.660. The third-order valence-corrected chi connectivity index (χ3v) is 4.06. The molecule has 2 unspecified atom stereocenters. The van der Waals surface area contributed by atoms with Crippen molar-refractivity contribution < 1.29 is 5.11 Å². The van der Waals surface area contributed by atoms with Crippen LogP contribution in [0, 0.1) is 0 Å². The van der Waals surface area contributed by atoms with Crippen molar-refractivity contribution in [1.29, 1.82) is 0 Å². The summed E-state index contributed by atoms with van der Waals surface area (Å²) >= 11 is 0. The topological polar surface area (TPSA) is 32.3 Å². The van der Waals surface area contributed by atoms with Crippen LogP contribution in [0.25, 0.3) is 0 Å². The molecule has 2 atom stereocenters. The van der Waals surface area contributed by atoms with E-state index in [9.17, 15) is 5.11 Å². The summed E-state index contributed by atoms with van der Waals surface area (Å²) in [5.74, 6) is 0. The molecule has 0 amide bonds. The number of rotatable bonds is 2. The van der Waals surface area contributed by atoms with Crippen molar-refractivity contribution in [2.45, 2.75) is 63.1 Å². The van der Waals surface area contributed by atoms with Crippen LogP contribution in [0.1, 0.15) is 46.0 Å². The summed E-state index contributed by atoms with van der Waals surface area (Å²) in [4.78, 5) is 0. The average molecular weight is 195 g/mol. The van der Waals surface area contributed by atoms with E-state index < -0.39 is 5.60 Å². The van der Waals surface area contributed by atoms with Crippen LogP contribution in [0.5, 0.6) is 0 Å². The SMILES string of the molecule is CC1(O)CCCC1(C)NC1CC=CC1. The minimum absolute atomic E-state index is 0.0797. The number of hydrogen-bond acceptors (Lipinski definition) is 2. The lowest BCUT2D eigenvalue weighted by molar-refractivity contribution is -0.0111. The van der Waals surface area contributed by atoms with Gasteiger partial charge in [-0.15, -0.1) is 0 Å². The minimum atomic E-state index is -0.532. The van der Waals surface area contributed by atoms with Crippen molar-refractivity contribution in [3.05, 3.63) is 12.2 Å². The molecule has 0 bridgehead atoms. The number of aliphatic hydroxyl groups is 1. The highest BCUT2D eigenvalue weighted by Crippen LogP contribution is 2.39. The molecule has 0 spiro atoms. The Labute approximate surface area is 86.4 Å². The lowest BCUT2D eigenvalue weighted by Crippen LogP contribution is -2.58. The number of nitrogens with one attached hydrogen (secondary N) is 1. The molecule has 0 heterocycles. The predicted octanol–water partition coefficient (Wildman–Crippen LogP) is 1.99. The van der Waals surface area contributed by atoms with Crippen molar-refractivity contribution >= 4 is 0 Å². The Balaban J connectivity index is 2.01. The molecule has 0 radical (unpaired) electrons. The van der Waals surface area contributed by atoms with Gasteiger partial charge in [0.1, 0.15) is 0 Å².